The van der Waals surface area contributed by atoms with Crippen molar-refractivity contribution >= 4 is 50.6 Å². The van der Waals surface area contributed by atoms with Gasteiger partial charge in [0, 0.05) is 57.0 Å². The minimum Gasteiger partial charge on any atom is -0.494 e. The zero-order valence-corrected chi connectivity index (χ0v) is 22.4. The van der Waals surface area contributed by atoms with Crippen LogP contribution in [-0.4, -0.2) is 79.6 Å². The number of primary amides is 1. The summed E-state index contributed by atoms with van der Waals surface area (Å²) in [6.07, 6.45) is 2.63. The molecular formula is C25H30N8O5S. The highest BCUT2D eigenvalue weighted by Gasteiger charge is 2.22. The van der Waals surface area contributed by atoms with Gasteiger partial charge in [0.2, 0.25) is 23.7 Å². The van der Waals surface area contributed by atoms with Crippen molar-refractivity contribution in [1.82, 2.24) is 19.9 Å². The van der Waals surface area contributed by atoms with E-state index < -0.39 is 15.7 Å². The molecule has 1 aliphatic heterocycles. The Balaban J connectivity index is 1.43. The standard InChI is InChI=1S/C25H30N8O5S/c1-38-20-15-17(32-11-13-33(14-12-32)23(35)10-9-22(26)34)7-8-18(20)29-24-27-16-28-25(31-24)30-19-5-3-4-6-21(19)39(2,36)37/h3-8,15-16H,9-14H2,1-2H3,(H2,26,34)(H2,27,28,29,30,31). The number of amides is 2. The minimum absolute atomic E-state index is 0.0530. The number of aromatic nitrogens is 3. The third kappa shape index (κ3) is 7.10. The number of hydrogen-bond donors (Lipinski definition) is 3. The Kier molecular flexibility index (Phi) is 8.44. The van der Waals surface area contributed by atoms with Crippen LogP contribution in [-0.2, 0) is 19.4 Å². The first-order chi connectivity index (χ1) is 18.6. The van der Waals surface area contributed by atoms with Crippen molar-refractivity contribution in [1.29, 1.82) is 0 Å². The lowest BCUT2D eigenvalue weighted by molar-refractivity contribution is -0.133. The molecule has 1 fully saturated rings. The number of piperazine rings is 1. The van der Waals surface area contributed by atoms with Crippen LogP contribution in [0.1, 0.15) is 12.8 Å². The summed E-state index contributed by atoms with van der Waals surface area (Å²) >= 11 is 0. The lowest BCUT2D eigenvalue weighted by Gasteiger charge is -2.36. The summed E-state index contributed by atoms with van der Waals surface area (Å²) in [5.74, 6) is 0.409. The van der Waals surface area contributed by atoms with Gasteiger partial charge < -0.3 is 30.9 Å². The fourth-order valence-corrected chi connectivity index (χ4v) is 4.98. The third-order valence-corrected chi connectivity index (χ3v) is 7.27. The van der Waals surface area contributed by atoms with Gasteiger partial charge in [-0.25, -0.2) is 18.4 Å². The second-order valence-electron chi connectivity index (χ2n) is 8.87. The van der Waals surface area contributed by atoms with Gasteiger partial charge >= 0.3 is 0 Å². The van der Waals surface area contributed by atoms with Gasteiger partial charge in [-0.2, -0.15) is 4.98 Å². The Morgan fingerprint density at radius 3 is 2.28 bits per heavy atom. The lowest BCUT2D eigenvalue weighted by atomic mass is 10.2. The van der Waals surface area contributed by atoms with Gasteiger partial charge in [0.15, 0.2) is 9.84 Å². The number of methoxy groups -OCH3 is 1. The number of hydrogen-bond acceptors (Lipinski definition) is 11. The van der Waals surface area contributed by atoms with Crippen molar-refractivity contribution in [2.45, 2.75) is 17.7 Å². The predicted molar refractivity (Wildman–Crippen MR) is 146 cm³/mol. The number of carbonyl (C=O) groups is 2. The zero-order chi connectivity index (χ0) is 28.0. The summed E-state index contributed by atoms with van der Waals surface area (Å²) in [5, 5.41) is 6.06. The molecule has 1 aromatic heterocycles. The van der Waals surface area contributed by atoms with E-state index in [1.165, 1.54) is 12.4 Å². The first-order valence-electron chi connectivity index (χ1n) is 12.2. The van der Waals surface area contributed by atoms with Crippen molar-refractivity contribution in [3.8, 4) is 5.75 Å². The highest BCUT2D eigenvalue weighted by atomic mass is 32.2. The first-order valence-corrected chi connectivity index (χ1v) is 14.0. The van der Waals surface area contributed by atoms with E-state index in [4.69, 9.17) is 10.5 Å². The second kappa shape index (κ2) is 11.9. The summed E-state index contributed by atoms with van der Waals surface area (Å²) in [6, 6.07) is 12.1. The fourth-order valence-electron chi connectivity index (χ4n) is 4.13. The molecule has 0 atom stereocenters. The molecule has 0 spiro atoms. The molecule has 14 heteroatoms. The van der Waals surface area contributed by atoms with Gasteiger partial charge in [-0.05, 0) is 24.3 Å². The van der Waals surface area contributed by atoms with Crippen molar-refractivity contribution < 1.29 is 22.7 Å². The molecule has 13 nitrogen and oxygen atoms in total. The zero-order valence-electron chi connectivity index (χ0n) is 21.6. The van der Waals surface area contributed by atoms with E-state index in [-0.39, 0.29) is 35.5 Å². The summed E-state index contributed by atoms with van der Waals surface area (Å²) in [4.78, 5) is 39.9. The minimum atomic E-state index is -3.45. The molecule has 3 aromatic rings. The number of rotatable bonds is 10. The number of sulfone groups is 1. The molecule has 0 unspecified atom stereocenters. The predicted octanol–water partition coefficient (Wildman–Crippen LogP) is 1.69. The highest BCUT2D eigenvalue weighted by Crippen LogP contribution is 2.32. The molecule has 1 saturated heterocycles. The monoisotopic (exact) mass is 554 g/mol. The maximum Gasteiger partial charge on any atom is 0.232 e. The Labute approximate surface area is 226 Å². The molecule has 2 aromatic carbocycles. The van der Waals surface area contributed by atoms with Crippen LogP contribution in [0.25, 0.3) is 0 Å². The number of anilines is 5. The van der Waals surface area contributed by atoms with Crippen molar-refractivity contribution in [3.05, 3.63) is 48.8 Å². The molecule has 0 aliphatic carbocycles. The van der Waals surface area contributed by atoms with E-state index in [1.54, 1.807) is 30.2 Å². The number of nitrogens with zero attached hydrogens (tertiary/aromatic N) is 5. The number of nitrogens with one attached hydrogen (secondary N) is 2. The van der Waals surface area contributed by atoms with Crippen LogP contribution in [0.3, 0.4) is 0 Å². The van der Waals surface area contributed by atoms with Crippen molar-refractivity contribution in [2.75, 3.05) is 55.1 Å². The van der Waals surface area contributed by atoms with E-state index in [0.29, 0.717) is 43.3 Å². The normalized spacial score (nSPS) is 13.6. The van der Waals surface area contributed by atoms with Gasteiger partial charge in [0.1, 0.15) is 12.1 Å². The van der Waals surface area contributed by atoms with Crippen molar-refractivity contribution in [2.24, 2.45) is 5.73 Å². The van der Waals surface area contributed by atoms with Crippen LogP contribution in [0.4, 0.5) is 29.0 Å². The number of nitrogens with two attached hydrogens (primary N) is 1. The Morgan fingerprint density at radius 2 is 1.64 bits per heavy atom. The van der Waals surface area contributed by atoms with Gasteiger partial charge in [-0.3, -0.25) is 9.59 Å². The van der Waals surface area contributed by atoms with Gasteiger partial charge in [0.25, 0.3) is 0 Å². The van der Waals surface area contributed by atoms with Gasteiger partial charge in [-0.1, -0.05) is 12.1 Å². The van der Waals surface area contributed by atoms with Gasteiger partial charge in [-0.15, -0.1) is 0 Å². The third-order valence-electron chi connectivity index (χ3n) is 6.12. The molecular weight excluding hydrogens is 524 g/mol. The quantitative estimate of drug-likeness (QED) is 0.333. The molecule has 4 rings (SSSR count). The summed E-state index contributed by atoms with van der Waals surface area (Å²) in [6.45, 7) is 2.36. The summed E-state index contributed by atoms with van der Waals surface area (Å²) < 4.78 is 29.8. The number of ether oxygens (including phenoxy) is 1. The Morgan fingerprint density at radius 1 is 0.974 bits per heavy atom. The number of para-hydroxylation sites is 1. The maximum absolute atomic E-state index is 12.3. The largest absolute Gasteiger partial charge is 0.494 e. The Bertz CT molecular complexity index is 1460. The molecule has 2 heterocycles. The smallest absolute Gasteiger partial charge is 0.232 e. The summed E-state index contributed by atoms with van der Waals surface area (Å²) in [7, 11) is -1.90. The fraction of sp³-hybridized carbons (Fsp3) is 0.320. The Hall–Kier alpha value is -4.46. The van der Waals surface area contributed by atoms with Crippen LogP contribution < -0.4 is 26.0 Å². The SMILES string of the molecule is COc1cc(N2CCN(C(=O)CCC(N)=O)CC2)ccc1Nc1ncnc(Nc2ccccc2S(C)(=O)=O)n1. The highest BCUT2D eigenvalue weighted by molar-refractivity contribution is 7.90. The van der Waals surface area contributed by atoms with Gasteiger partial charge in [0.05, 0.1) is 23.4 Å². The molecule has 39 heavy (non-hydrogen) atoms. The molecule has 0 bridgehead atoms. The van der Waals surface area contributed by atoms with E-state index in [0.717, 1.165) is 11.9 Å². The molecule has 206 valence electrons. The van der Waals surface area contributed by atoms with E-state index in [1.807, 2.05) is 18.2 Å². The lowest BCUT2D eigenvalue weighted by Crippen LogP contribution is -2.48. The first kappa shape index (κ1) is 27.6. The molecule has 2 amide bonds. The van der Waals surface area contributed by atoms with Crippen LogP contribution in [0, 0.1) is 0 Å². The van der Waals surface area contributed by atoms with Crippen LogP contribution in [0.15, 0.2) is 53.7 Å². The summed E-state index contributed by atoms with van der Waals surface area (Å²) in [5.41, 5.74) is 7.05. The topological polar surface area (TPSA) is 173 Å². The van der Waals surface area contributed by atoms with E-state index in [2.05, 4.69) is 30.5 Å². The number of benzene rings is 2. The molecule has 0 saturated carbocycles. The van der Waals surface area contributed by atoms with E-state index >= 15 is 0 Å². The van der Waals surface area contributed by atoms with E-state index in [9.17, 15) is 18.0 Å². The molecule has 0 radical (unpaired) electrons. The molecule has 1 aliphatic rings. The van der Waals surface area contributed by atoms with Crippen LogP contribution in [0.5, 0.6) is 5.75 Å². The van der Waals surface area contributed by atoms with Crippen LogP contribution in [0.2, 0.25) is 0 Å². The average Bonchev–Trinajstić information content (AvgIpc) is 2.92. The maximum atomic E-state index is 12.3. The average molecular weight is 555 g/mol. The van der Waals surface area contributed by atoms with Crippen molar-refractivity contribution in [3.63, 3.8) is 0 Å². The molecule has 4 N–H and O–H groups in total. The van der Waals surface area contributed by atoms with Crippen LogP contribution >= 0.6 is 0 Å². The number of carbonyl (C=O) groups excluding carboxylic acids is 2. The second-order valence-corrected chi connectivity index (χ2v) is 10.9.